The zero-order valence-corrected chi connectivity index (χ0v) is 16.3. The molecule has 0 saturated carbocycles. The van der Waals surface area contributed by atoms with Crippen molar-refractivity contribution in [3.8, 4) is 5.75 Å². The van der Waals surface area contributed by atoms with Crippen LogP contribution in [0.5, 0.6) is 5.75 Å². The maximum Gasteiger partial charge on any atom is 0.197 e. The number of aryl methyl sites for hydroxylation is 1. The Balaban J connectivity index is 2.15. The van der Waals surface area contributed by atoms with E-state index in [0.29, 0.717) is 20.1 Å². The quantitative estimate of drug-likeness (QED) is 0.467. The van der Waals surface area contributed by atoms with Crippen LogP contribution in [-0.4, -0.2) is 10.9 Å². The fraction of sp³-hybridized carbons (Fsp3) is 0.211. The van der Waals surface area contributed by atoms with Crippen molar-refractivity contribution in [1.29, 1.82) is 0 Å². The number of carbonyl (C=O) groups is 1. The molecule has 124 valence electrons. The molecule has 0 amide bonds. The minimum absolute atomic E-state index is 0.0785. The van der Waals surface area contributed by atoms with Gasteiger partial charge in [0.05, 0.1) is 14.5 Å². The maximum absolute atomic E-state index is 13.1. The predicted octanol–water partition coefficient (Wildman–Crippen LogP) is 6.24. The van der Waals surface area contributed by atoms with Gasteiger partial charge < -0.3 is 9.52 Å². The summed E-state index contributed by atoms with van der Waals surface area (Å²) >= 11 is 6.57. The third-order valence-electron chi connectivity index (χ3n) is 3.93. The van der Waals surface area contributed by atoms with Gasteiger partial charge in [0.2, 0.25) is 0 Å². The molecule has 3 aromatic rings. The molecule has 24 heavy (non-hydrogen) atoms. The molecule has 0 spiro atoms. The van der Waals surface area contributed by atoms with Crippen molar-refractivity contribution in [2.45, 2.75) is 26.2 Å². The Bertz CT molecular complexity index is 889. The smallest absolute Gasteiger partial charge is 0.197 e. The first-order valence-corrected chi connectivity index (χ1v) is 9.34. The summed E-state index contributed by atoms with van der Waals surface area (Å²) in [6.07, 6.45) is 2.72. The molecule has 0 aliphatic rings. The summed E-state index contributed by atoms with van der Waals surface area (Å²) in [7, 11) is 0. The number of ketones is 1. The van der Waals surface area contributed by atoms with Gasteiger partial charge in [0, 0.05) is 17.4 Å². The maximum atomic E-state index is 13.1. The first-order valence-electron chi connectivity index (χ1n) is 7.76. The third-order valence-corrected chi connectivity index (χ3v) is 5.14. The largest absolute Gasteiger partial charge is 0.506 e. The highest BCUT2D eigenvalue weighted by atomic mass is 79.9. The van der Waals surface area contributed by atoms with E-state index in [1.807, 2.05) is 24.3 Å². The van der Waals surface area contributed by atoms with Gasteiger partial charge in [0.1, 0.15) is 17.1 Å². The number of phenolic OH excluding ortho intramolecular Hbond substituents is 1. The monoisotopic (exact) mass is 450 g/mol. The number of hydrogen-bond donors (Lipinski definition) is 1. The van der Waals surface area contributed by atoms with Crippen LogP contribution in [0.4, 0.5) is 0 Å². The fourth-order valence-corrected chi connectivity index (χ4v) is 3.89. The average Bonchev–Trinajstić information content (AvgIpc) is 2.95. The number of unbranched alkanes of at least 4 members (excludes halogenated alkanes) is 1. The molecule has 0 unspecified atom stereocenters. The summed E-state index contributed by atoms with van der Waals surface area (Å²) in [6, 6.07) is 10.9. The highest BCUT2D eigenvalue weighted by Crippen LogP contribution is 2.36. The standard InChI is InChI=1S/C19H16Br2O3/c1-2-3-7-16-17(12-6-4-5-8-15(12)24-16)18(22)11-9-13(20)19(23)14(21)10-11/h4-6,8-10,23H,2-3,7H2,1H3. The molecule has 0 aliphatic carbocycles. The Morgan fingerprint density at radius 1 is 1.17 bits per heavy atom. The molecule has 0 radical (unpaired) electrons. The molecule has 1 N–H and O–H groups in total. The topological polar surface area (TPSA) is 50.4 Å². The van der Waals surface area contributed by atoms with E-state index in [2.05, 4.69) is 38.8 Å². The first-order chi connectivity index (χ1) is 11.5. The number of phenols is 1. The summed E-state index contributed by atoms with van der Waals surface area (Å²) in [6.45, 7) is 2.11. The summed E-state index contributed by atoms with van der Waals surface area (Å²) < 4.78 is 6.88. The minimum Gasteiger partial charge on any atom is -0.506 e. The lowest BCUT2D eigenvalue weighted by atomic mass is 9.98. The van der Waals surface area contributed by atoms with Crippen molar-refractivity contribution in [2.75, 3.05) is 0 Å². The molecule has 5 heteroatoms. The number of fused-ring (bicyclic) bond motifs is 1. The van der Waals surface area contributed by atoms with Gasteiger partial charge in [-0.25, -0.2) is 0 Å². The summed E-state index contributed by atoms with van der Waals surface area (Å²) in [5.41, 5.74) is 1.84. The van der Waals surface area contributed by atoms with E-state index in [-0.39, 0.29) is 11.5 Å². The number of hydrogen-bond acceptors (Lipinski definition) is 3. The molecule has 3 nitrogen and oxygen atoms in total. The van der Waals surface area contributed by atoms with Crippen molar-refractivity contribution >= 4 is 48.6 Å². The number of furan rings is 1. The highest BCUT2D eigenvalue weighted by Gasteiger charge is 2.22. The summed E-state index contributed by atoms with van der Waals surface area (Å²) in [5, 5.41) is 10.7. The lowest BCUT2D eigenvalue weighted by Gasteiger charge is -2.06. The second-order valence-corrected chi connectivity index (χ2v) is 7.33. The van der Waals surface area contributed by atoms with Crippen LogP contribution >= 0.6 is 31.9 Å². The Morgan fingerprint density at radius 3 is 2.50 bits per heavy atom. The number of benzene rings is 2. The number of halogens is 2. The lowest BCUT2D eigenvalue weighted by molar-refractivity contribution is 0.103. The van der Waals surface area contributed by atoms with Crippen molar-refractivity contribution in [3.05, 3.63) is 62.2 Å². The van der Waals surface area contributed by atoms with Crippen molar-refractivity contribution in [1.82, 2.24) is 0 Å². The minimum atomic E-state index is -0.104. The van der Waals surface area contributed by atoms with E-state index < -0.39 is 0 Å². The molecule has 0 saturated heterocycles. The normalized spacial score (nSPS) is 11.1. The van der Waals surface area contributed by atoms with E-state index in [1.54, 1.807) is 12.1 Å². The molecular weight excluding hydrogens is 436 g/mol. The van der Waals surface area contributed by atoms with Crippen LogP contribution in [0.15, 0.2) is 49.8 Å². The second-order valence-electron chi connectivity index (χ2n) is 5.62. The van der Waals surface area contributed by atoms with E-state index in [4.69, 9.17) is 4.42 Å². The summed E-state index contributed by atoms with van der Waals surface area (Å²) in [4.78, 5) is 13.1. The van der Waals surface area contributed by atoms with Crippen molar-refractivity contribution in [3.63, 3.8) is 0 Å². The van der Waals surface area contributed by atoms with Crippen LogP contribution in [0.2, 0.25) is 0 Å². The van der Waals surface area contributed by atoms with Crippen LogP contribution in [0, 0.1) is 0 Å². The van der Waals surface area contributed by atoms with Gasteiger partial charge in [-0.05, 0) is 56.5 Å². The second kappa shape index (κ2) is 7.11. The van der Waals surface area contributed by atoms with Gasteiger partial charge in [-0.15, -0.1) is 0 Å². The Hall–Kier alpha value is -1.59. The van der Waals surface area contributed by atoms with Crippen LogP contribution in [0.3, 0.4) is 0 Å². The van der Waals surface area contributed by atoms with Gasteiger partial charge >= 0.3 is 0 Å². The highest BCUT2D eigenvalue weighted by molar-refractivity contribution is 9.11. The van der Waals surface area contributed by atoms with Crippen LogP contribution < -0.4 is 0 Å². The SMILES string of the molecule is CCCCc1oc2ccccc2c1C(=O)c1cc(Br)c(O)c(Br)c1. The zero-order chi connectivity index (χ0) is 17.3. The van der Waals surface area contributed by atoms with E-state index in [9.17, 15) is 9.90 Å². The Kier molecular flexibility index (Phi) is 5.11. The molecule has 0 atom stereocenters. The van der Waals surface area contributed by atoms with E-state index in [0.717, 1.165) is 36.0 Å². The van der Waals surface area contributed by atoms with Crippen LogP contribution in [0.25, 0.3) is 11.0 Å². The molecular formula is C19H16Br2O3. The molecule has 3 rings (SSSR count). The zero-order valence-electron chi connectivity index (χ0n) is 13.1. The molecule has 0 bridgehead atoms. The van der Waals surface area contributed by atoms with Gasteiger partial charge in [0.15, 0.2) is 5.78 Å². The average molecular weight is 452 g/mol. The Labute approximate surface area is 156 Å². The fourth-order valence-electron chi connectivity index (χ4n) is 2.70. The van der Waals surface area contributed by atoms with Gasteiger partial charge in [-0.1, -0.05) is 31.5 Å². The van der Waals surface area contributed by atoms with Gasteiger partial charge in [0.25, 0.3) is 0 Å². The van der Waals surface area contributed by atoms with Crippen LogP contribution in [0.1, 0.15) is 41.4 Å². The van der Waals surface area contributed by atoms with E-state index >= 15 is 0 Å². The van der Waals surface area contributed by atoms with Crippen molar-refractivity contribution in [2.24, 2.45) is 0 Å². The molecule has 1 heterocycles. The number of carbonyl (C=O) groups excluding carboxylic acids is 1. The van der Waals surface area contributed by atoms with E-state index in [1.165, 1.54) is 0 Å². The summed E-state index contributed by atoms with van der Waals surface area (Å²) in [5.74, 6) is 0.700. The van der Waals surface area contributed by atoms with Gasteiger partial charge in [-0.2, -0.15) is 0 Å². The van der Waals surface area contributed by atoms with Gasteiger partial charge in [-0.3, -0.25) is 4.79 Å². The molecule has 2 aromatic carbocycles. The Morgan fingerprint density at radius 2 is 1.83 bits per heavy atom. The molecule has 0 fully saturated rings. The third kappa shape index (κ3) is 3.15. The number of aromatic hydroxyl groups is 1. The number of rotatable bonds is 5. The first kappa shape index (κ1) is 17.2. The molecule has 0 aliphatic heterocycles. The molecule has 1 aromatic heterocycles. The lowest BCUT2D eigenvalue weighted by Crippen LogP contribution is -2.04. The predicted molar refractivity (Wildman–Crippen MR) is 102 cm³/mol. The van der Waals surface area contributed by atoms with Crippen molar-refractivity contribution < 1.29 is 14.3 Å². The number of para-hydroxylation sites is 1. The van der Waals surface area contributed by atoms with Crippen LogP contribution in [-0.2, 0) is 6.42 Å².